The summed E-state index contributed by atoms with van der Waals surface area (Å²) in [5, 5.41) is 14.0. The van der Waals surface area contributed by atoms with Gasteiger partial charge in [-0.05, 0) is 25.1 Å². The van der Waals surface area contributed by atoms with E-state index in [0.29, 0.717) is 12.2 Å². The zero-order chi connectivity index (χ0) is 15.0. The molecule has 0 amide bonds. The van der Waals surface area contributed by atoms with Gasteiger partial charge < -0.3 is 10.4 Å². The molecule has 0 aliphatic rings. The standard InChI is InChI=1S/C14H12FN3O2S/c1-8-12(18-4-5-21-14(18)17-8)7-16-9-2-3-11(15)10(6-9)13(19)20/h2-6,16H,7H2,1H3,(H,19,20). The number of carboxylic acids is 1. The Hall–Kier alpha value is -2.41. The van der Waals surface area contributed by atoms with E-state index in [0.717, 1.165) is 22.4 Å². The maximum atomic E-state index is 13.3. The van der Waals surface area contributed by atoms with Gasteiger partial charge in [-0.25, -0.2) is 14.2 Å². The van der Waals surface area contributed by atoms with E-state index in [2.05, 4.69) is 10.3 Å². The summed E-state index contributed by atoms with van der Waals surface area (Å²) in [6.45, 7) is 2.40. The molecular formula is C14H12FN3O2S. The molecule has 0 bridgehead atoms. The number of nitrogens with one attached hydrogen (secondary N) is 1. The molecule has 5 nitrogen and oxygen atoms in total. The van der Waals surface area contributed by atoms with Gasteiger partial charge in [0.25, 0.3) is 0 Å². The molecule has 0 fully saturated rings. The average Bonchev–Trinajstić information content (AvgIpc) is 2.98. The minimum absolute atomic E-state index is 0.342. The lowest BCUT2D eigenvalue weighted by atomic mass is 10.2. The van der Waals surface area contributed by atoms with E-state index in [4.69, 9.17) is 5.11 Å². The molecule has 0 atom stereocenters. The Kier molecular flexibility index (Phi) is 3.34. The number of aromatic carboxylic acids is 1. The maximum Gasteiger partial charge on any atom is 0.338 e. The summed E-state index contributed by atoms with van der Waals surface area (Å²) in [6, 6.07) is 3.96. The van der Waals surface area contributed by atoms with E-state index >= 15 is 0 Å². The number of rotatable bonds is 4. The van der Waals surface area contributed by atoms with E-state index in [1.807, 2.05) is 22.9 Å². The van der Waals surface area contributed by atoms with Gasteiger partial charge in [0, 0.05) is 17.3 Å². The van der Waals surface area contributed by atoms with Crippen LogP contribution < -0.4 is 5.32 Å². The Labute approximate surface area is 123 Å². The van der Waals surface area contributed by atoms with Gasteiger partial charge in [-0.3, -0.25) is 4.40 Å². The molecule has 7 heteroatoms. The lowest BCUT2D eigenvalue weighted by Crippen LogP contribution is -2.06. The lowest BCUT2D eigenvalue weighted by molar-refractivity contribution is 0.0692. The molecule has 0 aliphatic heterocycles. The highest BCUT2D eigenvalue weighted by molar-refractivity contribution is 7.15. The molecule has 21 heavy (non-hydrogen) atoms. The summed E-state index contributed by atoms with van der Waals surface area (Å²) in [5.74, 6) is -2.02. The smallest absolute Gasteiger partial charge is 0.338 e. The first kappa shape index (κ1) is 13.6. The highest BCUT2D eigenvalue weighted by Gasteiger charge is 2.12. The number of hydrogen-bond acceptors (Lipinski definition) is 4. The van der Waals surface area contributed by atoms with Gasteiger partial charge in [-0.15, -0.1) is 11.3 Å². The van der Waals surface area contributed by atoms with Crippen molar-refractivity contribution in [2.24, 2.45) is 0 Å². The number of aromatic nitrogens is 2. The second kappa shape index (κ2) is 5.17. The third-order valence-electron chi connectivity index (χ3n) is 3.22. The fourth-order valence-corrected chi connectivity index (χ4v) is 2.92. The number of fused-ring (bicyclic) bond motifs is 1. The van der Waals surface area contributed by atoms with Crippen molar-refractivity contribution in [3.63, 3.8) is 0 Å². The number of imidazole rings is 1. The fourth-order valence-electron chi connectivity index (χ4n) is 2.14. The predicted molar refractivity (Wildman–Crippen MR) is 78.5 cm³/mol. The van der Waals surface area contributed by atoms with Crippen LogP contribution in [0.4, 0.5) is 10.1 Å². The van der Waals surface area contributed by atoms with Crippen LogP contribution in [0.25, 0.3) is 4.96 Å². The Morgan fingerprint density at radius 3 is 3.10 bits per heavy atom. The first-order valence-corrected chi connectivity index (χ1v) is 7.12. The van der Waals surface area contributed by atoms with Crippen LogP contribution in [0.2, 0.25) is 0 Å². The number of hydrogen-bond donors (Lipinski definition) is 2. The van der Waals surface area contributed by atoms with Gasteiger partial charge in [0.05, 0.1) is 23.5 Å². The third-order valence-corrected chi connectivity index (χ3v) is 3.97. The van der Waals surface area contributed by atoms with E-state index in [1.165, 1.54) is 12.1 Å². The highest BCUT2D eigenvalue weighted by atomic mass is 32.1. The Balaban J connectivity index is 1.85. The van der Waals surface area contributed by atoms with Crippen molar-refractivity contribution in [1.29, 1.82) is 0 Å². The highest BCUT2D eigenvalue weighted by Crippen LogP contribution is 2.19. The molecule has 3 rings (SSSR count). The minimum atomic E-state index is -1.28. The monoisotopic (exact) mass is 305 g/mol. The Bertz CT molecular complexity index is 825. The number of nitrogens with zero attached hydrogens (tertiary/aromatic N) is 2. The molecule has 0 unspecified atom stereocenters. The van der Waals surface area contributed by atoms with Crippen molar-refractivity contribution < 1.29 is 14.3 Å². The number of halogens is 1. The van der Waals surface area contributed by atoms with Crippen LogP contribution in [0.3, 0.4) is 0 Å². The van der Waals surface area contributed by atoms with Gasteiger partial charge in [0.15, 0.2) is 4.96 Å². The van der Waals surface area contributed by atoms with Gasteiger partial charge in [-0.2, -0.15) is 0 Å². The summed E-state index contributed by atoms with van der Waals surface area (Å²) in [4.78, 5) is 16.3. The first-order chi connectivity index (χ1) is 10.1. The zero-order valence-electron chi connectivity index (χ0n) is 11.1. The van der Waals surface area contributed by atoms with Crippen molar-refractivity contribution in [3.05, 3.63) is 52.5 Å². The van der Waals surface area contributed by atoms with E-state index in [9.17, 15) is 9.18 Å². The zero-order valence-corrected chi connectivity index (χ0v) is 11.9. The van der Waals surface area contributed by atoms with Crippen molar-refractivity contribution in [3.8, 4) is 0 Å². The second-order valence-electron chi connectivity index (χ2n) is 4.55. The van der Waals surface area contributed by atoms with Crippen LogP contribution in [0.1, 0.15) is 21.7 Å². The number of aryl methyl sites for hydroxylation is 1. The van der Waals surface area contributed by atoms with Crippen LogP contribution >= 0.6 is 11.3 Å². The quantitative estimate of drug-likeness (QED) is 0.777. The van der Waals surface area contributed by atoms with Crippen molar-refractivity contribution >= 4 is 28.0 Å². The summed E-state index contributed by atoms with van der Waals surface area (Å²) in [7, 11) is 0. The largest absolute Gasteiger partial charge is 0.478 e. The summed E-state index contributed by atoms with van der Waals surface area (Å²) < 4.78 is 15.3. The van der Waals surface area contributed by atoms with Gasteiger partial charge in [0.2, 0.25) is 0 Å². The van der Waals surface area contributed by atoms with Crippen LogP contribution in [0, 0.1) is 12.7 Å². The van der Waals surface area contributed by atoms with Gasteiger partial charge >= 0.3 is 5.97 Å². The molecule has 3 aromatic rings. The van der Waals surface area contributed by atoms with Crippen LogP contribution in [-0.2, 0) is 6.54 Å². The molecule has 108 valence electrons. The fraction of sp³-hybridized carbons (Fsp3) is 0.143. The molecule has 0 radical (unpaired) electrons. The van der Waals surface area contributed by atoms with E-state index in [-0.39, 0.29) is 5.56 Å². The average molecular weight is 305 g/mol. The molecule has 2 N–H and O–H groups in total. The number of carbonyl (C=O) groups is 1. The van der Waals surface area contributed by atoms with Crippen LogP contribution in [0.5, 0.6) is 0 Å². The van der Waals surface area contributed by atoms with Crippen LogP contribution in [0.15, 0.2) is 29.8 Å². The summed E-state index contributed by atoms with van der Waals surface area (Å²) in [6.07, 6.45) is 1.93. The van der Waals surface area contributed by atoms with Gasteiger partial charge in [0.1, 0.15) is 5.82 Å². The van der Waals surface area contributed by atoms with E-state index < -0.39 is 11.8 Å². The number of benzene rings is 1. The summed E-state index contributed by atoms with van der Waals surface area (Å²) >= 11 is 1.55. The number of thiazole rings is 1. The number of carboxylic acid groups (broad SMARTS) is 1. The molecular weight excluding hydrogens is 293 g/mol. The molecule has 0 saturated heterocycles. The van der Waals surface area contributed by atoms with Crippen molar-refractivity contribution in [2.45, 2.75) is 13.5 Å². The van der Waals surface area contributed by atoms with Crippen LogP contribution in [-0.4, -0.2) is 20.5 Å². The predicted octanol–water partition coefficient (Wildman–Crippen LogP) is 3.15. The minimum Gasteiger partial charge on any atom is -0.478 e. The first-order valence-electron chi connectivity index (χ1n) is 6.24. The maximum absolute atomic E-state index is 13.3. The summed E-state index contributed by atoms with van der Waals surface area (Å²) in [5.41, 5.74) is 2.12. The topological polar surface area (TPSA) is 66.6 Å². The molecule has 0 saturated carbocycles. The molecule has 0 aliphatic carbocycles. The molecule has 0 spiro atoms. The Morgan fingerprint density at radius 2 is 2.33 bits per heavy atom. The molecule has 1 aromatic carbocycles. The van der Waals surface area contributed by atoms with E-state index in [1.54, 1.807) is 11.3 Å². The van der Waals surface area contributed by atoms with Gasteiger partial charge in [-0.1, -0.05) is 0 Å². The van der Waals surface area contributed by atoms with Crippen molar-refractivity contribution in [2.75, 3.05) is 5.32 Å². The van der Waals surface area contributed by atoms with Crippen molar-refractivity contribution in [1.82, 2.24) is 9.38 Å². The SMILES string of the molecule is Cc1nc2sccn2c1CNc1ccc(F)c(C(=O)O)c1. The Morgan fingerprint density at radius 1 is 1.52 bits per heavy atom. The third kappa shape index (κ3) is 2.47. The normalized spacial score (nSPS) is 11.0. The molecule has 2 heterocycles. The lowest BCUT2D eigenvalue weighted by Gasteiger charge is -2.08. The number of anilines is 1. The molecule has 2 aromatic heterocycles. The second-order valence-corrected chi connectivity index (χ2v) is 5.43.